The Balaban J connectivity index is 4.48. The lowest BCUT2D eigenvalue weighted by Gasteiger charge is -2.25. The van der Waals surface area contributed by atoms with Gasteiger partial charge in [0.2, 0.25) is 5.91 Å². The van der Waals surface area contributed by atoms with Crippen molar-refractivity contribution in [2.45, 2.75) is 46.2 Å². The number of rotatable bonds is 7. The van der Waals surface area contributed by atoms with Gasteiger partial charge in [0.15, 0.2) is 0 Å². The number of imide groups is 1. The molecule has 1 unspecified atom stereocenters. The van der Waals surface area contributed by atoms with Gasteiger partial charge in [0.1, 0.15) is 0 Å². The van der Waals surface area contributed by atoms with Crippen molar-refractivity contribution in [2.75, 3.05) is 13.1 Å². The molecule has 0 rings (SSSR count). The Morgan fingerprint density at radius 1 is 1.21 bits per heavy atom. The Morgan fingerprint density at radius 2 is 1.79 bits per heavy atom. The molecule has 0 aromatic carbocycles. The van der Waals surface area contributed by atoms with E-state index in [1.807, 2.05) is 6.92 Å². The molecule has 0 aliphatic rings. The van der Waals surface area contributed by atoms with Crippen molar-refractivity contribution < 1.29 is 19.5 Å². The lowest BCUT2D eigenvalue weighted by Crippen LogP contribution is -2.51. The van der Waals surface area contributed by atoms with Crippen LogP contribution in [0.4, 0.5) is 4.79 Å². The highest BCUT2D eigenvalue weighted by atomic mass is 16.4. The van der Waals surface area contributed by atoms with E-state index in [2.05, 4.69) is 10.6 Å². The van der Waals surface area contributed by atoms with Gasteiger partial charge in [-0.05, 0) is 33.7 Å². The molecule has 0 aliphatic carbocycles. The van der Waals surface area contributed by atoms with E-state index in [0.29, 0.717) is 6.54 Å². The van der Waals surface area contributed by atoms with E-state index < -0.39 is 23.9 Å². The summed E-state index contributed by atoms with van der Waals surface area (Å²) in [6.07, 6.45) is 0.725. The van der Waals surface area contributed by atoms with Crippen LogP contribution in [0, 0.1) is 0 Å². The molecule has 1 atom stereocenters. The van der Waals surface area contributed by atoms with Gasteiger partial charge in [0.05, 0.1) is 12.6 Å². The number of carbonyl (C=O) groups is 3. The monoisotopic (exact) mass is 273 g/mol. The predicted octanol–water partition coefficient (Wildman–Crippen LogP) is 0.406. The number of carbonyl (C=O) groups excluding carboxylic acids is 2. The number of amides is 3. The average molecular weight is 273 g/mol. The molecule has 0 aromatic rings. The number of carboxylic acid groups (broad SMARTS) is 1. The molecule has 0 spiro atoms. The standard InChI is InChI=1S/C12H23N3O4/c1-5-6-15(7-10(16)17)9(4)11(18)14-12(19)13-8(2)3/h8-9H,5-7H2,1-4H3,(H,16,17)(H2,13,14,18,19). The Morgan fingerprint density at radius 3 is 2.21 bits per heavy atom. The Labute approximate surface area is 113 Å². The average Bonchev–Trinajstić information content (AvgIpc) is 2.25. The van der Waals surface area contributed by atoms with Crippen molar-refractivity contribution in [1.29, 1.82) is 0 Å². The summed E-state index contributed by atoms with van der Waals surface area (Å²) in [4.78, 5) is 35.5. The third-order valence-electron chi connectivity index (χ3n) is 2.43. The van der Waals surface area contributed by atoms with Gasteiger partial charge < -0.3 is 10.4 Å². The van der Waals surface area contributed by atoms with Crippen LogP contribution in [0.5, 0.6) is 0 Å². The maximum absolute atomic E-state index is 11.8. The molecule has 3 amide bonds. The van der Waals surface area contributed by atoms with Crippen LogP contribution in [0.25, 0.3) is 0 Å². The largest absolute Gasteiger partial charge is 0.480 e. The van der Waals surface area contributed by atoms with Gasteiger partial charge in [-0.15, -0.1) is 0 Å². The quantitative estimate of drug-likeness (QED) is 0.624. The van der Waals surface area contributed by atoms with Crippen LogP contribution >= 0.6 is 0 Å². The number of hydrogen-bond donors (Lipinski definition) is 3. The molecule has 0 bridgehead atoms. The van der Waals surface area contributed by atoms with Crippen molar-refractivity contribution >= 4 is 17.9 Å². The first-order valence-electron chi connectivity index (χ1n) is 6.35. The second kappa shape index (κ2) is 8.47. The van der Waals surface area contributed by atoms with Gasteiger partial charge in [-0.1, -0.05) is 6.92 Å². The Kier molecular flexibility index (Phi) is 7.74. The summed E-state index contributed by atoms with van der Waals surface area (Å²) in [5.41, 5.74) is 0. The number of hydrogen-bond acceptors (Lipinski definition) is 4. The van der Waals surface area contributed by atoms with Gasteiger partial charge in [0, 0.05) is 6.04 Å². The minimum absolute atomic E-state index is 0.0751. The van der Waals surface area contributed by atoms with Gasteiger partial charge in [0.25, 0.3) is 0 Å². The van der Waals surface area contributed by atoms with E-state index >= 15 is 0 Å². The maximum Gasteiger partial charge on any atom is 0.321 e. The molecule has 0 saturated carbocycles. The molecule has 0 heterocycles. The first-order chi connectivity index (χ1) is 8.77. The lowest BCUT2D eigenvalue weighted by atomic mass is 10.2. The summed E-state index contributed by atoms with van der Waals surface area (Å²) >= 11 is 0. The van der Waals surface area contributed by atoms with Gasteiger partial charge in [-0.25, -0.2) is 4.79 Å². The van der Waals surface area contributed by atoms with E-state index in [-0.39, 0.29) is 12.6 Å². The molecule has 0 fully saturated rings. The minimum atomic E-state index is -1.00. The van der Waals surface area contributed by atoms with E-state index in [9.17, 15) is 14.4 Å². The predicted molar refractivity (Wildman–Crippen MR) is 70.8 cm³/mol. The smallest absolute Gasteiger partial charge is 0.321 e. The molecule has 110 valence electrons. The van der Waals surface area contributed by atoms with Crippen molar-refractivity contribution in [1.82, 2.24) is 15.5 Å². The topological polar surface area (TPSA) is 98.7 Å². The van der Waals surface area contributed by atoms with Crippen molar-refractivity contribution in [2.24, 2.45) is 0 Å². The highest BCUT2D eigenvalue weighted by molar-refractivity contribution is 5.97. The first kappa shape index (κ1) is 17.4. The molecule has 3 N–H and O–H groups in total. The summed E-state index contributed by atoms with van der Waals surface area (Å²) in [5, 5.41) is 13.5. The Bertz CT molecular complexity index is 331. The van der Waals surface area contributed by atoms with Crippen LogP contribution in [-0.2, 0) is 9.59 Å². The van der Waals surface area contributed by atoms with Crippen LogP contribution in [0.2, 0.25) is 0 Å². The zero-order valence-corrected chi connectivity index (χ0v) is 11.9. The zero-order valence-electron chi connectivity index (χ0n) is 11.9. The van der Waals surface area contributed by atoms with E-state index in [1.54, 1.807) is 20.8 Å². The van der Waals surface area contributed by atoms with Crippen LogP contribution in [0.1, 0.15) is 34.1 Å². The number of nitrogens with zero attached hydrogens (tertiary/aromatic N) is 1. The molecule has 0 radical (unpaired) electrons. The fraction of sp³-hybridized carbons (Fsp3) is 0.750. The number of urea groups is 1. The van der Waals surface area contributed by atoms with Gasteiger partial charge in [-0.2, -0.15) is 0 Å². The molecular weight excluding hydrogens is 250 g/mol. The fourth-order valence-electron chi connectivity index (χ4n) is 1.55. The molecule has 0 saturated heterocycles. The highest BCUT2D eigenvalue weighted by Crippen LogP contribution is 2.01. The number of nitrogens with one attached hydrogen (secondary N) is 2. The second-order valence-electron chi connectivity index (χ2n) is 4.66. The summed E-state index contributed by atoms with van der Waals surface area (Å²) in [5.74, 6) is -1.51. The molecule has 7 heteroatoms. The molecule has 0 aromatic heterocycles. The van der Waals surface area contributed by atoms with E-state index in [0.717, 1.165) is 6.42 Å². The molecule has 0 aliphatic heterocycles. The van der Waals surface area contributed by atoms with Crippen LogP contribution in [-0.4, -0.2) is 53.1 Å². The van der Waals surface area contributed by atoms with Crippen LogP contribution in [0.15, 0.2) is 0 Å². The third kappa shape index (κ3) is 7.40. The first-order valence-corrected chi connectivity index (χ1v) is 6.35. The summed E-state index contributed by atoms with van der Waals surface area (Å²) in [6, 6.07) is -1.32. The van der Waals surface area contributed by atoms with Crippen molar-refractivity contribution in [3.05, 3.63) is 0 Å². The summed E-state index contributed by atoms with van der Waals surface area (Å²) < 4.78 is 0. The van der Waals surface area contributed by atoms with E-state index in [1.165, 1.54) is 4.90 Å². The number of carboxylic acids is 1. The SMILES string of the molecule is CCCN(CC(=O)O)C(C)C(=O)NC(=O)NC(C)C. The van der Waals surface area contributed by atoms with Gasteiger partial charge >= 0.3 is 12.0 Å². The van der Waals surface area contributed by atoms with Crippen molar-refractivity contribution in [3.8, 4) is 0 Å². The minimum Gasteiger partial charge on any atom is -0.480 e. The zero-order chi connectivity index (χ0) is 15.0. The summed E-state index contributed by atoms with van der Waals surface area (Å²) in [7, 11) is 0. The normalized spacial score (nSPS) is 12.3. The van der Waals surface area contributed by atoms with Gasteiger partial charge in [-0.3, -0.25) is 19.8 Å². The highest BCUT2D eigenvalue weighted by Gasteiger charge is 2.24. The van der Waals surface area contributed by atoms with Crippen LogP contribution < -0.4 is 10.6 Å². The van der Waals surface area contributed by atoms with Crippen LogP contribution in [0.3, 0.4) is 0 Å². The van der Waals surface area contributed by atoms with E-state index in [4.69, 9.17) is 5.11 Å². The summed E-state index contributed by atoms with van der Waals surface area (Å²) in [6.45, 7) is 7.28. The second-order valence-corrected chi connectivity index (χ2v) is 4.66. The van der Waals surface area contributed by atoms with Crippen molar-refractivity contribution in [3.63, 3.8) is 0 Å². The third-order valence-corrected chi connectivity index (χ3v) is 2.43. The molecule has 19 heavy (non-hydrogen) atoms. The molecule has 7 nitrogen and oxygen atoms in total. The maximum atomic E-state index is 11.8. The Hall–Kier alpha value is -1.63. The lowest BCUT2D eigenvalue weighted by molar-refractivity contribution is -0.139. The molecular formula is C12H23N3O4. The number of aliphatic carboxylic acids is 1. The fourth-order valence-corrected chi connectivity index (χ4v) is 1.55.